The van der Waals surface area contributed by atoms with Crippen LogP contribution in [0.5, 0.6) is 0 Å². The fourth-order valence-corrected chi connectivity index (χ4v) is 2.28. The van der Waals surface area contributed by atoms with Gasteiger partial charge in [0.25, 0.3) is 0 Å². The summed E-state index contributed by atoms with van der Waals surface area (Å²) < 4.78 is 0. The zero-order valence-electron chi connectivity index (χ0n) is 12.8. The first-order valence-corrected chi connectivity index (χ1v) is 6.98. The molecular weight excluding hydrogens is 250 g/mol. The highest BCUT2D eigenvalue weighted by molar-refractivity contribution is 5.91. The van der Waals surface area contributed by atoms with E-state index in [9.17, 15) is 4.79 Å². The first-order chi connectivity index (χ1) is 9.49. The molecule has 1 rings (SSSR count). The molecule has 0 fully saturated rings. The van der Waals surface area contributed by atoms with Crippen molar-refractivity contribution in [2.45, 2.75) is 26.7 Å². The molecule has 4 heteroatoms. The minimum absolute atomic E-state index is 0.0527. The molecule has 0 heterocycles. The monoisotopic (exact) mass is 273 g/mol. The SMILES string of the molecule is CCCC(C)CN(C)C(=O)N(C)c1cccc(C#N)c1. The summed E-state index contributed by atoms with van der Waals surface area (Å²) in [6, 6.07) is 9.11. The van der Waals surface area contributed by atoms with Crippen LogP contribution >= 0.6 is 0 Å². The maximum atomic E-state index is 12.4. The molecule has 0 spiro atoms. The van der Waals surface area contributed by atoms with Crippen molar-refractivity contribution >= 4 is 11.7 Å². The molecule has 0 radical (unpaired) electrons. The van der Waals surface area contributed by atoms with Gasteiger partial charge in [-0.1, -0.05) is 26.3 Å². The summed E-state index contributed by atoms with van der Waals surface area (Å²) in [6.45, 7) is 5.05. The number of nitrogens with zero attached hydrogens (tertiary/aromatic N) is 3. The van der Waals surface area contributed by atoms with Gasteiger partial charge in [0.2, 0.25) is 0 Å². The Hall–Kier alpha value is -2.02. The zero-order chi connectivity index (χ0) is 15.1. The van der Waals surface area contributed by atoms with Gasteiger partial charge in [-0.3, -0.25) is 4.90 Å². The molecule has 1 atom stereocenters. The smallest absolute Gasteiger partial charge is 0.323 e. The maximum Gasteiger partial charge on any atom is 0.323 e. The summed E-state index contributed by atoms with van der Waals surface area (Å²) in [6.07, 6.45) is 2.24. The van der Waals surface area contributed by atoms with Crippen LogP contribution in [0.4, 0.5) is 10.5 Å². The molecule has 1 aromatic carbocycles. The van der Waals surface area contributed by atoms with Gasteiger partial charge in [0, 0.05) is 26.3 Å². The molecule has 0 aliphatic carbocycles. The van der Waals surface area contributed by atoms with Crippen molar-refractivity contribution in [2.75, 3.05) is 25.5 Å². The topological polar surface area (TPSA) is 47.3 Å². The van der Waals surface area contributed by atoms with Crippen molar-refractivity contribution in [2.24, 2.45) is 5.92 Å². The number of carbonyl (C=O) groups excluding carboxylic acids is 1. The first-order valence-electron chi connectivity index (χ1n) is 6.98. The molecule has 0 saturated heterocycles. The van der Waals surface area contributed by atoms with Gasteiger partial charge in [0.1, 0.15) is 0 Å². The lowest BCUT2D eigenvalue weighted by Gasteiger charge is -2.27. The van der Waals surface area contributed by atoms with Crippen molar-refractivity contribution in [3.63, 3.8) is 0 Å². The van der Waals surface area contributed by atoms with Gasteiger partial charge in [0.15, 0.2) is 0 Å². The third-order valence-electron chi connectivity index (χ3n) is 3.34. The number of carbonyl (C=O) groups is 1. The molecule has 1 aromatic rings. The fraction of sp³-hybridized carbons (Fsp3) is 0.500. The Morgan fingerprint density at radius 1 is 1.40 bits per heavy atom. The second-order valence-electron chi connectivity index (χ2n) is 5.28. The summed E-state index contributed by atoms with van der Waals surface area (Å²) in [5.74, 6) is 0.493. The van der Waals surface area contributed by atoms with E-state index in [1.165, 1.54) is 0 Å². The van der Waals surface area contributed by atoms with E-state index in [2.05, 4.69) is 19.9 Å². The van der Waals surface area contributed by atoms with Gasteiger partial charge in [-0.15, -0.1) is 0 Å². The molecule has 20 heavy (non-hydrogen) atoms. The highest BCUT2D eigenvalue weighted by Crippen LogP contribution is 2.16. The standard InChI is InChI=1S/C16H23N3O/c1-5-7-13(2)12-18(3)16(20)19(4)15-9-6-8-14(10-15)11-17/h6,8-10,13H,5,7,12H2,1-4H3. The van der Waals surface area contributed by atoms with Crippen molar-refractivity contribution in [3.8, 4) is 6.07 Å². The molecule has 1 unspecified atom stereocenters. The Bertz CT molecular complexity index is 493. The van der Waals surface area contributed by atoms with E-state index < -0.39 is 0 Å². The van der Waals surface area contributed by atoms with E-state index in [0.29, 0.717) is 11.5 Å². The molecule has 0 saturated carbocycles. The molecule has 0 aromatic heterocycles. The summed E-state index contributed by atoms with van der Waals surface area (Å²) in [7, 11) is 3.55. The van der Waals surface area contributed by atoms with Gasteiger partial charge in [-0.25, -0.2) is 4.79 Å². The predicted molar refractivity (Wildman–Crippen MR) is 81.7 cm³/mol. The second-order valence-corrected chi connectivity index (χ2v) is 5.28. The molecule has 0 bridgehead atoms. The molecule has 0 N–H and O–H groups in total. The summed E-state index contributed by atoms with van der Waals surface area (Å²) in [5, 5.41) is 8.91. The van der Waals surface area contributed by atoms with Crippen molar-refractivity contribution in [3.05, 3.63) is 29.8 Å². The van der Waals surface area contributed by atoms with Gasteiger partial charge in [-0.2, -0.15) is 5.26 Å². The number of nitriles is 1. The number of amides is 2. The van der Waals surface area contributed by atoms with E-state index in [1.807, 2.05) is 13.1 Å². The van der Waals surface area contributed by atoms with Crippen molar-refractivity contribution in [1.82, 2.24) is 4.90 Å². The number of anilines is 1. The quantitative estimate of drug-likeness (QED) is 0.824. The van der Waals surface area contributed by atoms with E-state index in [0.717, 1.165) is 25.1 Å². The number of hydrogen-bond acceptors (Lipinski definition) is 2. The van der Waals surface area contributed by atoms with Crippen molar-refractivity contribution in [1.29, 1.82) is 5.26 Å². The molecule has 108 valence electrons. The number of urea groups is 1. The zero-order valence-corrected chi connectivity index (χ0v) is 12.8. The Labute approximate surface area is 121 Å². The van der Waals surface area contributed by atoms with Crippen LogP contribution in [0.25, 0.3) is 0 Å². The minimum atomic E-state index is -0.0527. The van der Waals surface area contributed by atoms with E-state index in [-0.39, 0.29) is 6.03 Å². The van der Waals surface area contributed by atoms with Gasteiger partial charge >= 0.3 is 6.03 Å². The number of hydrogen-bond donors (Lipinski definition) is 0. The summed E-state index contributed by atoms with van der Waals surface area (Å²) in [4.78, 5) is 15.7. The Balaban J connectivity index is 2.73. The van der Waals surface area contributed by atoms with E-state index >= 15 is 0 Å². The molecule has 0 aliphatic heterocycles. The Kier molecular flexibility index (Phi) is 6.05. The van der Waals surface area contributed by atoms with Crippen LogP contribution in [0.2, 0.25) is 0 Å². The highest BCUT2D eigenvalue weighted by Gasteiger charge is 2.17. The minimum Gasteiger partial charge on any atom is -0.327 e. The van der Waals surface area contributed by atoms with E-state index in [4.69, 9.17) is 5.26 Å². The lowest BCUT2D eigenvalue weighted by molar-refractivity contribution is 0.208. The molecule has 0 aliphatic rings. The van der Waals surface area contributed by atoms with Crippen LogP contribution in [-0.4, -0.2) is 31.6 Å². The average Bonchev–Trinajstić information content (AvgIpc) is 2.45. The van der Waals surface area contributed by atoms with Gasteiger partial charge in [-0.05, 0) is 30.5 Å². The fourth-order valence-electron chi connectivity index (χ4n) is 2.28. The van der Waals surface area contributed by atoms with Gasteiger partial charge in [0.05, 0.1) is 11.6 Å². The first kappa shape index (κ1) is 16.0. The van der Waals surface area contributed by atoms with Crippen LogP contribution < -0.4 is 4.90 Å². The van der Waals surface area contributed by atoms with Crippen LogP contribution in [0.1, 0.15) is 32.3 Å². The largest absolute Gasteiger partial charge is 0.327 e. The van der Waals surface area contributed by atoms with Gasteiger partial charge < -0.3 is 4.90 Å². The Morgan fingerprint density at radius 2 is 2.10 bits per heavy atom. The van der Waals surface area contributed by atoms with Crippen LogP contribution in [0.15, 0.2) is 24.3 Å². The average molecular weight is 273 g/mol. The maximum absolute atomic E-state index is 12.4. The van der Waals surface area contributed by atoms with Crippen LogP contribution in [-0.2, 0) is 0 Å². The summed E-state index contributed by atoms with van der Waals surface area (Å²) >= 11 is 0. The molecule has 4 nitrogen and oxygen atoms in total. The molecular formula is C16H23N3O. The Morgan fingerprint density at radius 3 is 2.70 bits per heavy atom. The summed E-state index contributed by atoms with van der Waals surface area (Å²) in [5.41, 5.74) is 1.30. The lowest BCUT2D eigenvalue weighted by atomic mass is 10.1. The third kappa shape index (κ3) is 4.27. The van der Waals surface area contributed by atoms with E-state index in [1.54, 1.807) is 35.0 Å². The van der Waals surface area contributed by atoms with Crippen LogP contribution in [0.3, 0.4) is 0 Å². The normalized spacial score (nSPS) is 11.6. The van der Waals surface area contributed by atoms with Crippen molar-refractivity contribution < 1.29 is 4.79 Å². The number of rotatable bonds is 5. The second kappa shape index (κ2) is 7.54. The third-order valence-corrected chi connectivity index (χ3v) is 3.34. The number of benzene rings is 1. The van der Waals surface area contributed by atoms with Crippen LogP contribution in [0, 0.1) is 17.2 Å². The predicted octanol–water partition coefficient (Wildman–Crippen LogP) is 3.48. The lowest BCUT2D eigenvalue weighted by Crippen LogP contribution is -2.40. The molecule has 2 amide bonds. The highest BCUT2D eigenvalue weighted by atomic mass is 16.2.